The molecule has 1 atom stereocenters. The molecule has 3 N–H and O–H groups in total. The maximum absolute atomic E-state index is 6.23. The molecule has 0 saturated carbocycles. The van der Waals surface area contributed by atoms with E-state index in [-0.39, 0.29) is 6.04 Å². The monoisotopic (exact) mass is 288 g/mol. The Balaban J connectivity index is 2.52. The van der Waals surface area contributed by atoms with Crippen LogP contribution in [0.15, 0.2) is 30.3 Å². The third-order valence-electron chi connectivity index (χ3n) is 3.89. The van der Waals surface area contributed by atoms with Crippen molar-refractivity contribution in [3.63, 3.8) is 0 Å². The summed E-state index contributed by atoms with van der Waals surface area (Å²) >= 11 is 6.23. The first-order valence-corrected chi connectivity index (χ1v) is 7.11. The van der Waals surface area contributed by atoms with Crippen molar-refractivity contribution >= 4 is 11.6 Å². The summed E-state index contributed by atoms with van der Waals surface area (Å²) in [4.78, 5) is 0. The number of halogens is 1. The van der Waals surface area contributed by atoms with E-state index in [2.05, 4.69) is 44.4 Å². The lowest BCUT2D eigenvalue weighted by molar-refractivity contribution is 0.633. The fourth-order valence-electron chi connectivity index (χ4n) is 2.45. The lowest BCUT2D eigenvalue weighted by Crippen LogP contribution is -2.29. The first kappa shape index (κ1) is 15.0. The fraction of sp³-hybridized carbons (Fsp3) is 0.294. The Bertz CT molecular complexity index is 635. The van der Waals surface area contributed by atoms with Crippen molar-refractivity contribution in [3.8, 4) is 0 Å². The lowest BCUT2D eigenvalue weighted by Gasteiger charge is -2.21. The van der Waals surface area contributed by atoms with E-state index in [0.717, 1.165) is 16.1 Å². The molecule has 0 aliphatic heterocycles. The third kappa shape index (κ3) is 2.88. The van der Waals surface area contributed by atoms with Gasteiger partial charge in [-0.3, -0.25) is 5.84 Å². The van der Waals surface area contributed by atoms with E-state index < -0.39 is 0 Å². The van der Waals surface area contributed by atoms with Crippen LogP contribution in [0.1, 0.15) is 39.4 Å². The molecular formula is C17H21ClN2. The van der Waals surface area contributed by atoms with Crippen LogP contribution in [0.4, 0.5) is 0 Å². The summed E-state index contributed by atoms with van der Waals surface area (Å²) in [6.45, 7) is 8.36. The Morgan fingerprint density at radius 2 is 1.55 bits per heavy atom. The van der Waals surface area contributed by atoms with E-state index >= 15 is 0 Å². The quantitative estimate of drug-likeness (QED) is 0.658. The molecule has 2 nitrogen and oxygen atoms in total. The Kier molecular flexibility index (Phi) is 4.48. The highest BCUT2D eigenvalue weighted by Crippen LogP contribution is 2.29. The van der Waals surface area contributed by atoms with Gasteiger partial charge in [0.2, 0.25) is 0 Å². The molecule has 0 aliphatic carbocycles. The molecule has 0 spiro atoms. The Morgan fingerprint density at radius 3 is 2.15 bits per heavy atom. The van der Waals surface area contributed by atoms with Crippen molar-refractivity contribution in [1.82, 2.24) is 5.43 Å². The highest BCUT2D eigenvalue weighted by atomic mass is 35.5. The molecule has 2 aromatic carbocycles. The van der Waals surface area contributed by atoms with Crippen LogP contribution in [0.25, 0.3) is 0 Å². The maximum atomic E-state index is 6.23. The summed E-state index contributed by atoms with van der Waals surface area (Å²) in [5.74, 6) is 5.79. The van der Waals surface area contributed by atoms with E-state index in [0.29, 0.717) is 0 Å². The normalized spacial score (nSPS) is 12.5. The zero-order chi connectivity index (χ0) is 14.9. The molecule has 106 valence electrons. The Morgan fingerprint density at radius 1 is 0.900 bits per heavy atom. The number of hydrogen-bond acceptors (Lipinski definition) is 2. The van der Waals surface area contributed by atoms with Crippen LogP contribution in [0.5, 0.6) is 0 Å². The maximum Gasteiger partial charge on any atom is 0.0713 e. The molecule has 0 aliphatic rings. The number of aryl methyl sites for hydroxylation is 4. The van der Waals surface area contributed by atoms with Gasteiger partial charge in [0.15, 0.2) is 0 Å². The predicted octanol–water partition coefficient (Wildman–Crippen LogP) is 4.13. The van der Waals surface area contributed by atoms with Gasteiger partial charge in [0.25, 0.3) is 0 Å². The van der Waals surface area contributed by atoms with Gasteiger partial charge in [0, 0.05) is 5.02 Å². The summed E-state index contributed by atoms with van der Waals surface area (Å²) in [7, 11) is 0. The SMILES string of the molecule is Cc1cc(C)c(C(NN)c2ccc(C)c(Cl)c2)cc1C. The topological polar surface area (TPSA) is 38.0 Å². The molecule has 20 heavy (non-hydrogen) atoms. The molecule has 0 aromatic heterocycles. The minimum absolute atomic E-state index is 0.0487. The summed E-state index contributed by atoms with van der Waals surface area (Å²) in [6, 6.07) is 10.4. The molecule has 0 amide bonds. The van der Waals surface area contributed by atoms with Gasteiger partial charge >= 0.3 is 0 Å². The standard InChI is InChI=1S/C17H21ClN2/c1-10-5-6-14(9-16(10)18)17(20-19)15-8-12(3)11(2)7-13(15)4/h5-9,17,20H,19H2,1-4H3. The van der Waals surface area contributed by atoms with Crippen LogP contribution in [-0.2, 0) is 0 Å². The number of nitrogens with two attached hydrogens (primary N) is 1. The molecule has 3 heteroatoms. The van der Waals surface area contributed by atoms with Gasteiger partial charge in [0.05, 0.1) is 6.04 Å². The summed E-state index contributed by atoms with van der Waals surface area (Å²) in [5.41, 5.74) is 10.0. The van der Waals surface area contributed by atoms with Gasteiger partial charge in [-0.25, -0.2) is 5.43 Å². The zero-order valence-corrected chi connectivity index (χ0v) is 13.2. The second kappa shape index (κ2) is 5.96. The number of rotatable bonds is 3. The second-order valence-electron chi connectivity index (χ2n) is 5.40. The number of benzene rings is 2. The first-order chi connectivity index (χ1) is 9.43. The Labute approximate surface area is 125 Å². The highest BCUT2D eigenvalue weighted by Gasteiger charge is 2.16. The first-order valence-electron chi connectivity index (χ1n) is 6.74. The minimum Gasteiger partial charge on any atom is -0.271 e. The van der Waals surface area contributed by atoms with Gasteiger partial charge in [0.1, 0.15) is 0 Å². The van der Waals surface area contributed by atoms with Gasteiger partial charge < -0.3 is 0 Å². The summed E-state index contributed by atoms with van der Waals surface area (Å²) in [6.07, 6.45) is 0. The van der Waals surface area contributed by atoms with Crippen molar-refractivity contribution in [2.45, 2.75) is 33.7 Å². The van der Waals surface area contributed by atoms with Crippen LogP contribution in [0.2, 0.25) is 5.02 Å². The second-order valence-corrected chi connectivity index (χ2v) is 5.81. The number of nitrogens with one attached hydrogen (secondary N) is 1. The summed E-state index contributed by atoms with van der Waals surface area (Å²) in [5, 5.41) is 0.768. The van der Waals surface area contributed by atoms with Crippen molar-refractivity contribution < 1.29 is 0 Å². The Hall–Kier alpha value is -1.35. The molecule has 2 rings (SSSR count). The smallest absolute Gasteiger partial charge is 0.0713 e. The molecule has 0 fully saturated rings. The van der Waals surface area contributed by atoms with Crippen molar-refractivity contribution in [2.75, 3.05) is 0 Å². The van der Waals surface area contributed by atoms with Gasteiger partial charge in [-0.1, -0.05) is 35.9 Å². The zero-order valence-electron chi connectivity index (χ0n) is 12.4. The number of hydrazine groups is 1. The van der Waals surface area contributed by atoms with Crippen molar-refractivity contribution in [1.29, 1.82) is 0 Å². The van der Waals surface area contributed by atoms with E-state index in [1.54, 1.807) is 0 Å². The van der Waals surface area contributed by atoms with Crippen LogP contribution in [-0.4, -0.2) is 0 Å². The molecule has 0 bridgehead atoms. The molecule has 0 saturated heterocycles. The third-order valence-corrected chi connectivity index (χ3v) is 4.30. The van der Waals surface area contributed by atoms with Crippen LogP contribution < -0.4 is 11.3 Å². The molecule has 0 heterocycles. The molecule has 1 unspecified atom stereocenters. The largest absolute Gasteiger partial charge is 0.271 e. The molecule has 2 aromatic rings. The van der Waals surface area contributed by atoms with Crippen molar-refractivity contribution in [2.24, 2.45) is 5.84 Å². The van der Waals surface area contributed by atoms with Crippen LogP contribution in [0.3, 0.4) is 0 Å². The molecule has 0 radical (unpaired) electrons. The predicted molar refractivity (Wildman–Crippen MR) is 86.0 cm³/mol. The van der Waals surface area contributed by atoms with Gasteiger partial charge in [-0.05, 0) is 67.1 Å². The lowest BCUT2D eigenvalue weighted by atomic mass is 9.92. The average molecular weight is 289 g/mol. The minimum atomic E-state index is -0.0487. The highest BCUT2D eigenvalue weighted by molar-refractivity contribution is 6.31. The van der Waals surface area contributed by atoms with Gasteiger partial charge in [-0.15, -0.1) is 0 Å². The van der Waals surface area contributed by atoms with Crippen LogP contribution >= 0.6 is 11.6 Å². The van der Waals surface area contributed by atoms with E-state index in [1.807, 2.05) is 19.1 Å². The van der Waals surface area contributed by atoms with Crippen LogP contribution in [0, 0.1) is 27.7 Å². The summed E-state index contributed by atoms with van der Waals surface area (Å²) < 4.78 is 0. The van der Waals surface area contributed by atoms with Crippen molar-refractivity contribution in [3.05, 3.63) is 68.7 Å². The molecular weight excluding hydrogens is 268 g/mol. The van der Waals surface area contributed by atoms with Gasteiger partial charge in [-0.2, -0.15) is 0 Å². The number of hydrogen-bond donors (Lipinski definition) is 2. The fourth-order valence-corrected chi connectivity index (χ4v) is 2.64. The van der Waals surface area contributed by atoms with E-state index in [1.165, 1.54) is 22.3 Å². The van der Waals surface area contributed by atoms with E-state index in [4.69, 9.17) is 17.4 Å². The van der Waals surface area contributed by atoms with E-state index in [9.17, 15) is 0 Å². The average Bonchev–Trinajstić information content (AvgIpc) is 2.40.